The van der Waals surface area contributed by atoms with Crippen molar-refractivity contribution in [3.05, 3.63) is 35.4 Å². The minimum absolute atomic E-state index is 0.000551. The number of benzene rings is 1. The van der Waals surface area contributed by atoms with Crippen LogP contribution in [-0.2, 0) is 0 Å². The third-order valence-corrected chi connectivity index (χ3v) is 3.82. The van der Waals surface area contributed by atoms with Crippen molar-refractivity contribution < 1.29 is 23.1 Å². The van der Waals surface area contributed by atoms with Crippen molar-refractivity contribution in [3.8, 4) is 0 Å². The van der Waals surface area contributed by atoms with Gasteiger partial charge in [-0.3, -0.25) is 0 Å². The summed E-state index contributed by atoms with van der Waals surface area (Å²) in [5.41, 5.74) is 0.691. The van der Waals surface area contributed by atoms with Gasteiger partial charge >= 0.3 is 12.2 Å². The predicted molar refractivity (Wildman–Crippen MR) is 75.3 cm³/mol. The Hall–Kier alpha value is -1.76. The second kappa shape index (κ2) is 6.56. The Morgan fingerprint density at radius 3 is 2.82 bits per heavy atom. The van der Waals surface area contributed by atoms with Crippen LogP contribution in [0, 0.1) is 6.92 Å². The molecule has 1 fully saturated rings. The number of amides is 2. The first-order valence-corrected chi connectivity index (χ1v) is 7.14. The lowest BCUT2D eigenvalue weighted by molar-refractivity contribution is -0.155. The van der Waals surface area contributed by atoms with Crippen LogP contribution in [0.15, 0.2) is 24.3 Å². The van der Waals surface area contributed by atoms with Crippen LogP contribution in [0.3, 0.4) is 0 Å². The van der Waals surface area contributed by atoms with Gasteiger partial charge in [0.2, 0.25) is 0 Å². The second-order valence-corrected chi connectivity index (χ2v) is 5.51. The first kappa shape index (κ1) is 16.6. The van der Waals surface area contributed by atoms with E-state index in [1.54, 1.807) is 13.0 Å². The number of hydrogen-bond acceptors (Lipinski definition) is 2. The number of likely N-dealkylation sites (tertiary alicyclic amines) is 1. The summed E-state index contributed by atoms with van der Waals surface area (Å²) in [6, 6.07) is 2.72. The third kappa shape index (κ3) is 3.71. The van der Waals surface area contributed by atoms with Crippen LogP contribution in [0.25, 0.3) is 0 Å². The normalized spacial score (nSPS) is 20.0. The molecule has 1 aliphatic heterocycles. The molecule has 1 aliphatic rings. The van der Waals surface area contributed by atoms with E-state index >= 15 is 0 Å². The number of carbonyl (C=O) groups excluding carboxylic acids is 1. The van der Waals surface area contributed by atoms with Gasteiger partial charge in [-0.25, -0.2) is 4.79 Å². The fourth-order valence-electron chi connectivity index (χ4n) is 2.70. The molecule has 2 amide bonds. The first-order chi connectivity index (χ1) is 10.3. The maximum Gasteiger partial charge on any atom is 0.412 e. The lowest BCUT2D eigenvalue weighted by Gasteiger charge is -2.28. The van der Waals surface area contributed by atoms with E-state index in [-0.39, 0.29) is 12.2 Å². The lowest BCUT2D eigenvalue weighted by atomic mass is 10.0. The van der Waals surface area contributed by atoms with Gasteiger partial charge in [0.05, 0.1) is 12.6 Å². The van der Waals surface area contributed by atoms with Crippen molar-refractivity contribution in [2.45, 2.75) is 38.0 Å². The van der Waals surface area contributed by atoms with Crippen LogP contribution in [0.2, 0.25) is 0 Å². The van der Waals surface area contributed by atoms with Crippen LogP contribution in [0.5, 0.6) is 0 Å². The highest BCUT2D eigenvalue weighted by Crippen LogP contribution is 2.33. The predicted octanol–water partition coefficient (Wildman–Crippen LogP) is 2.76. The average Bonchev–Trinajstić information content (AvgIpc) is 2.91. The molecule has 0 bridgehead atoms. The fraction of sp³-hybridized carbons (Fsp3) is 0.533. The molecule has 22 heavy (non-hydrogen) atoms. The van der Waals surface area contributed by atoms with E-state index < -0.39 is 24.3 Å². The van der Waals surface area contributed by atoms with Gasteiger partial charge in [0.1, 0.15) is 0 Å². The number of aliphatic hydroxyl groups is 1. The summed E-state index contributed by atoms with van der Waals surface area (Å²) in [5, 5.41) is 11.2. The Morgan fingerprint density at radius 2 is 2.23 bits per heavy atom. The summed E-state index contributed by atoms with van der Waals surface area (Å²) in [6.07, 6.45) is -3.30. The van der Waals surface area contributed by atoms with E-state index in [0.717, 1.165) is 0 Å². The Kier molecular flexibility index (Phi) is 4.95. The molecule has 2 atom stereocenters. The number of aryl methyl sites for hydroxylation is 1. The average molecular weight is 316 g/mol. The van der Waals surface area contributed by atoms with E-state index in [4.69, 9.17) is 0 Å². The molecule has 0 unspecified atom stereocenters. The largest absolute Gasteiger partial charge is 0.412 e. The molecule has 2 rings (SSSR count). The standard InChI is InChI=1S/C15H19F3N2O2/c1-10-4-2-5-11(8-10)13(15(16,17)18)19-14(22)20-7-3-6-12(20)9-21/h2,4-5,8,12-13,21H,3,6-7,9H2,1H3,(H,19,22)/t12-,13+/m0/s1. The summed E-state index contributed by atoms with van der Waals surface area (Å²) in [7, 11) is 0. The van der Waals surface area contributed by atoms with Gasteiger partial charge in [0.15, 0.2) is 6.04 Å². The number of halogens is 3. The monoisotopic (exact) mass is 316 g/mol. The first-order valence-electron chi connectivity index (χ1n) is 7.14. The van der Waals surface area contributed by atoms with Crippen LogP contribution in [0.1, 0.15) is 30.0 Å². The summed E-state index contributed by atoms with van der Waals surface area (Å²) >= 11 is 0. The van der Waals surface area contributed by atoms with Gasteiger partial charge in [-0.05, 0) is 25.3 Å². The molecule has 0 saturated carbocycles. The van der Waals surface area contributed by atoms with E-state index in [0.29, 0.717) is 24.9 Å². The van der Waals surface area contributed by atoms with Crippen molar-refractivity contribution in [1.82, 2.24) is 10.2 Å². The number of nitrogens with one attached hydrogen (secondary N) is 1. The minimum atomic E-state index is -4.59. The Morgan fingerprint density at radius 1 is 1.50 bits per heavy atom. The Bertz CT molecular complexity index is 534. The van der Waals surface area contributed by atoms with Gasteiger partial charge in [-0.2, -0.15) is 13.2 Å². The van der Waals surface area contributed by atoms with Gasteiger partial charge < -0.3 is 15.3 Å². The molecular formula is C15H19F3N2O2. The number of hydrogen-bond donors (Lipinski definition) is 2. The van der Waals surface area contributed by atoms with E-state index in [2.05, 4.69) is 5.32 Å². The Labute approximate surface area is 126 Å². The number of rotatable bonds is 3. The maximum atomic E-state index is 13.3. The van der Waals surface area contributed by atoms with Crippen molar-refractivity contribution in [2.75, 3.05) is 13.2 Å². The zero-order valence-electron chi connectivity index (χ0n) is 12.2. The SMILES string of the molecule is Cc1cccc([C@@H](NC(=O)N2CCC[C@H]2CO)C(F)(F)F)c1. The smallest absolute Gasteiger partial charge is 0.394 e. The molecule has 0 aromatic heterocycles. The van der Waals surface area contributed by atoms with Gasteiger partial charge in [-0.1, -0.05) is 29.8 Å². The second-order valence-electron chi connectivity index (χ2n) is 5.51. The molecule has 1 saturated heterocycles. The molecule has 7 heteroatoms. The third-order valence-electron chi connectivity index (χ3n) is 3.82. The number of nitrogens with zero attached hydrogens (tertiary/aromatic N) is 1. The molecular weight excluding hydrogens is 297 g/mol. The molecule has 0 radical (unpaired) electrons. The van der Waals surface area contributed by atoms with Crippen LogP contribution < -0.4 is 5.32 Å². The van der Waals surface area contributed by atoms with Crippen molar-refractivity contribution >= 4 is 6.03 Å². The number of alkyl halides is 3. The van der Waals surface area contributed by atoms with Gasteiger partial charge in [0, 0.05) is 6.54 Å². The van der Waals surface area contributed by atoms with E-state index in [9.17, 15) is 23.1 Å². The summed E-state index contributed by atoms with van der Waals surface area (Å²) < 4.78 is 39.8. The minimum Gasteiger partial charge on any atom is -0.394 e. The van der Waals surface area contributed by atoms with E-state index in [1.807, 2.05) is 0 Å². The molecule has 2 N–H and O–H groups in total. The van der Waals surface area contributed by atoms with Crippen molar-refractivity contribution in [1.29, 1.82) is 0 Å². The van der Waals surface area contributed by atoms with Gasteiger partial charge in [-0.15, -0.1) is 0 Å². The van der Waals surface area contributed by atoms with Gasteiger partial charge in [0.25, 0.3) is 0 Å². The van der Waals surface area contributed by atoms with E-state index in [1.165, 1.54) is 23.1 Å². The molecule has 1 aromatic carbocycles. The van der Waals surface area contributed by atoms with Crippen molar-refractivity contribution in [3.63, 3.8) is 0 Å². The number of carbonyl (C=O) groups is 1. The zero-order valence-corrected chi connectivity index (χ0v) is 12.2. The molecule has 1 aromatic rings. The summed E-state index contributed by atoms with van der Waals surface area (Å²) in [6.45, 7) is 1.81. The molecule has 1 heterocycles. The van der Waals surface area contributed by atoms with Crippen molar-refractivity contribution in [2.24, 2.45) is 0 Å². The number of aliphatic hydroxyl groups excluding tert-OH is 1. The fourth-order valence-corrected chi connectivity index (χ4v) is 2.70. The molecule has 4 nitrogen and oxygen atoms in total. The van der Waals surface area contributed by atoms with Crippen LogP contribution >= 0.6 is 0 Å². The highest BCUT2D eigenvalue weighted by Gasteiger charge is 2.43. The summed E-state index contributed by atoms with van der Waals surface area (Å²) in [4.78, 5) is 13.4. The maximum absolute atomic E-state index is 13.3. The van der Waals surface area contributed by atoms with Crippen LogP contribution in [0.4, 0.5) is 18.0 Å². The zero-order chi connectivity index (χ0) is 16.3. The Balaban J connectivity index is 2.19. The highest BCUT2D eigenvalue weighted by molar-refractivity contribution is 5.75. The molecule has 0 spiro atoms. The highest BCUT2D eigenvalue weighted by atomic mass is 19.4. The quantitative estimate of drug-likeness (QED) is 0.901. The summed E-state index contributed by atoms with van der Waals surface area (Å²) in [5.74, 6) is 0. The van der Waals surface area contributed by atoms with Crippen LogP contribution in [-0.4, -0.2) is 41.4 Å². The number of urea groups is 1. The topological polar surface area (TPSA) is 52.6 Å². The molecule has 0 aliphatic carbocycles. The molecule has 122 valence electrons. The lowest BCUT2D eigenvalue weighted by Crippen LogP contribution is -2.48.